The zero-order chi connectivity index (χ0) is 18.1. The summed E-state index contributed by atoms with van der Waals surface area (Å²) in [5.74, 6) is -0.301. The highest BCUT2D eigenvalue weighted by molar-refractivity contribution is 7.92. The smallest absolute Gasteiger partial charge is 0.244 e. The maximum Gasteiger partial charge on any atom is 0.244 e. The van der Waals surface area contributed by atoms with Crippen LogP contribution in [0.15, 0.2) is 42.5 Å². The summed E-state index contributed by atoms with van der Waals surface area (Å²) < 4.78 is 23.5. The summed E-state index contributed by atoms with van der Waals surface area (Å²) in [7, 11) is -1.80. The molecule has 1 N–H and O–H groups in total. The Morgan fingerprint density at radius 2 is 1.76 bits per heavy atom. The van der Waals surface area contributed by atoms with Crippen LogP contribution in [0.4, 0.5) is 0 Å². The first-order chi connectivity index (χ1) is 11.8. The summed E-state index contributed by atoms with van der Waals surface area (Å²) in [5.41, 5.74) is 0.993. The molecule has 1 saturated heterocycles. The van der Waals surface area contributed by atoms with E-state index in [1.807, 2.05) is 36.4 Å². The van der Waals surface area contributed by atoms with Crippen molar-refractivity contribution in [2.24, 2.45) is 0 Å². The molecule has 0 atom stereocenters. The Kier molecular flexibility index (Phi) is 4.84. The molecule has 3 rings (SSSR count). The van der Waals surface area contributed by atoms with Gasteiger partial charge in [0.25, 0.3) is 0 Å². The molecular formula is C19H24N2O3S. The predicted molar refractivity (Wildman–Crippen MR) is 100 cm³/mol. The fourth-order valence-electron chi connectivity index (χ4n) is 3.60. The van der Waals surface area contributed by atoms with E-state index in [0.717, 1.165) is 16.3 Å². The van der Waals surface area contributed by atoms with Gasteiger partial charge in [0.05, 0.1) is 0 Å². The van der Waals surface area contributed by atoms with Crippen molar-refractivity contribution in [2.75, 3.05) is 26.4 Å². The summed E-state index contributed by atoms with van der Waals surface area (Å²) in [4.78, 5) is 14.6. The summed E-state index contributed by atoms with van der Waals surface area (Å²) in [6.07, 6.45) is 1.83. The van der Waals surface area contributed by atoms with Gasteiger partial charge in [-0.3, -0.25) is 4.79 Å². The summed E-state index contributed by atoms with van der Waals surface area (Å²) in [5, 5.41) is 5.40. The third kappa shape index (κ3) is 3.41. The molecule has 134 valence electrons. The quantitative estimate of drug-likeness (QED) is 0.905. The maximum atomic E-state index is 13.1. The molecule has 0 saturated carbocycles. The Hall–Kier alpha value is -1.92. The molecular weight excluding hydrogens is 336 g/mol. The topological polar surface area (TPSA) is 66.5 Å². The van der Waals surface area contributed by atoms with Crippen LogP contribution < -0.4 is 5.32 Å². The van der Waals surface area contributed by atoms with Gasteiger partial charge >= 0.3 is 0 Å². The van der Waals surface area contributed by atoms with Crippen molar-refractivity contribution in [3.05, 3.63) is 48.0 Å². The normalized spacial score (nSPS) is 17.4. The molecule has 1 heterocycles. The lowest BCUT2D eigenvalue weighted by Gasteiger charge is -2.37. The van der Waals surface area contributed by atoms with Gasteiger partial charge in [-0.25, -0.2) is 8.42 Å². The van der Waals surface area contributed by atoms with Gasteiger partial charge in [-0.2, -0.15) is 0 Å². The SMILES string of the molecule is CN(Cc1ccc2ccccc2c1)C(=O)C1(S(C)(=O)=O)CCNCC1. The average Bonchev–Trinajstić information content (AvgIpc) is 2.60. The number of carbonyl (C=O) groups is 1. The molecule has 0 radical (unpaired) electrons. The van der Waals surface area contributed by atoms with Gasteiger partial charge < -0.3 is 10.2 Å². The van der Waals surface area contributed by atoms with Gasteiger partial charge in [-0.05, 0) is 48.3 Å². The van der Waals surface area contributed by atoms with Gasteiger partial charge in [-0.15, -0.1) is 0 Å². The molecule has 1 amide bonds. The van der Waals surface area contributed by atoms with E-state index in [1.54, 1.807) is 11.9 Å². The van der Waals surface area contributed by atoms with Crippen molar-refractivity contribution < 1.29 is 13.2 Å². The molecule has 1 aliphatic rings. The van der Waals surface area contributed by atoms with E-state index < -0.39 is 14.6 Å². The Labute approximate surface area is 148 Å². The van der Waals surface area contributed by atoms with Crippen molar-refractivity contribution in [1.29, 1.82) is 0 Å². The number of nitrogens with zero attached hydrogens (tertiary/aromatic N) is 1. The van der Waals surface area contributed by atoms with Gasteiger partial charge in [0.2, 0.25) is 5.91 Å². The first-order valence-corrected chi connectivity index (χ1v) is 10.4. The second-order valence-electron chi connectivity index (χ2n) is 6.86. The van der Waals surface area contributed by atoms with Crippen LogP contribution in [0.5, 0.6) is 0 Å². The van der Waals surface area contributed by atoms with E-state index >= 15 is 0 Å². The van der Waals surface area contributed by atoms with Crippen LogP contribution in [0.2, 0.25) is 0 Å². The fourth-order valence-corrected chi connectivity index (χ4v) is 5.02. The van der Waals surface area contributed by atoms with Crippen LogP contribution in [-0.2, 0) is 21.2 Å². The molecule has 1 fully saturated rings. The first-order valence-electron chi connectivity index (χ1n) is 8.47. The molecule has 6 heteroatoms. The number of carbonyl (C=O) groups excluding carboxylic acids is 1. The number of benzene rings is 2. The lowest BCUT2D eigenvalue weighted by Crippen LogP contribution is -2.57. The maximum absolute atomic E-state index is 13.1. The lowest BCUT2D eigenvalue weighted by molar-refractivity contribution is -0.134. The highest BCUT2D eigenvalue weighted by atomic mass is 32.2. The van der Waals surface area contributed by atoms with Crippen LogP contribution in [-0.4, -0.2) is 50.4 Å². The molecule has 2 aromatic rings. The number of sulfone groups is 1. The van der Waals surface area contributed by atoms with Crippen LogP contribution >= 0.6 is 0 Å². The molecule has 0 aromatic heterocycles. The third-order valence-corrected chi connectivity index (χ3v) is 7.09. The van der Waals surface area contributed by atoms with Crippen molar-refractivity contribution in [3.63, 3.8) is 0 Å². The Balaban J connectivity index is 1.85. The Bertz CT molecular complexity index is 886. The molecule has 0 aliphatic carbocycles. The Morgan fingerprint density at radius 1 is 1.12 bits per heavy atom. The van der Waals surface area contributed by atoms with Gasteiger partial charge in [0.1, 0.15) is 0 Å². The standard InChI is InChI=1S/C19H24N2O3S/c1-21(14-15-7-8-16-5-3-4-6-17(16)13-15)18(22)19(25(2,23)24)9-11-20-12-10-19/h3-8,13,20H,9-12,14H2,1-2H3. The van der Waals surface area contributed by atoms with Crippen molar-refractivity contribution in [2.45, 2.75) is 24.1 Å². The van der Waals surface area contributed by atoms with E-state index in [2.05, 4.69) is 11.4 Å². The van der Waals surface area contributed by atoms with Gasteiger partial charge in [0, 0.05) is 19.8 Å². The first kappa shape index (κ1) is 17.9. The minimum absolute atomic E-state index is 0.301. The lowest BCUT2D eigenvalue weighted by atomic mass is 9.95. The second-order valence-corrected chi connectivity index (χ2v) is 9.18. The highest BCUT2D eigenvalue weighted by Gasteiger charge is 2.49. The van der Waals surface area contributed by atoms with Crippen LogP contribution in [0, 0.1) is 0 Å². The molecule has 2 aromatic carbocycles. The van der Waals surface area contributed by atoms with E-state index in [0.29, 0.717) is 32.5 Å². The number of amides is 1. The molecule has 5 nitrogen and oxygen atoms in total. The second kappa shape index (κ2) is 6.77. The van der Waals surface area contributed by atoms with Crippen LogP contribution in [0.25, 0.3) is 10.8 Å². The number of nitrogens with one attached hydrogen (secondary N) is 1. The van der Waals surface area contributed by atoms with E-state index in [4.69, 9.17) is 0 Å². The van der Waals surface area contributed by atoms with Gasteiger partial charge in [0.15, 0.2) is 14.6 Å². The minimum atomic E-state index is -3.49. The molecule has 25 heavy (non-hydrogen) atoms. The monoisotopic (exact) mass is 360 g/mol. The zero-order valence-electron chi connectivity index (χ0n) is 14.7. The number of fused-ring (bicyclic) bond motifs is 1. The van der Waals surface area contributed by atoms with Crippen molar-refractivity contribution in [1.82, 2.24) is 10.2 Å². The summed E-state index contributed by atoms with van der Waals surface area (Å²) in [6, 6.07) is 14.1. The number of hydrogen-bond donors (Lipinski definition) is 1. The van der Waals surface area contributed by atoms with Crippen LogP contribution in [0.3, 0.4) is 0 Å². The molecule has 0 unspecified atom stereocenters. The summed E-state index contributed by atoms with van der Waals surface area (Å²) in [6.45, 7) is 1.49. The number of piperidine rings is 1. The molecule has 1 aliphatic heterocycles. The van der Waals surface area contributed by atoms with E-state index in [1.165, 1.54) is 6.26 Å². The summed E-state index contributed by atoms with van der Waals surface area (Å²) >= 11 is 0. The minimum Gasteiger partial charge on any atom is -0.340 e. The van der Waals surface area contributed by atoms with E-state index in [9.17, 15) is 13.2 Å². The predicted octanol–water partition coefficient (Wildman–Crippen LogP) is 1.96. The number of rotatable bonds is 4. The van der Waals surface area contributed by atoms with Crippen molar-refractivity contribution in [3.8, 4) is 0 Å². The largest absolute Gasteiger partial charge is 0.340 e. The van der Waals surface area contributed by atoms with Crippen LogP contribution in [0.1, 0.15) is 18.4 Å². The number of hydrogen-bond acceptors (Lipinski definition) is 4. The highest BCUT2D eigenvalue weighted by Crippen LogP contribution is 2.30. The average molecular weight is 360 g/mol. The van der Waals surface area contributed by atoms with Crippen molar-refractivity contribution >= 4 is 26.5 Å². The fraction of sp³-hybridized carbons (Fsp3) is 0.421. The van der Waals surface area contributed by atoms with Gasteiger partial charge in [-0.1, -0.05) is 36.4 Å². The molecule has 0 bridgehead atoms. The van der Waals surface area contributed by atoms with E-state index in [-0.39, 0.29) is 5.91 Å². The molecule has 0 spiro atoms. The third-order valence-electron chi connectivity index (χ3n) is 5.09. The zero-order valence-corrected chi connectivity index (χ0v) is 15.5. The Morgan fingerprint density at radius 3 is 2.40 bits per heavy atom.